The van der Waals surface area contributed by atoms with Gasteiger partial charge < -0.3 is 9.84 Å². The number of anilines is 2. The molecule has 160 valence electrons. The van der Waals surface area contributed by atoms with E-state index in [0.717, 1.165) is 23.1 Å². The first kappa shape index (κ1) is 21.4. The van der Waals surface area contributed by atoms with Crippen molar-refractivity contribution in [2.24, 2.45) is 0 Å². The lowest BCUT2D eigenvalue weighted by atomic mass is 10.2. The van der Waals surface area contributed by atoms with E-state index in [2.05, 4.69) is 0 Å². The van der Waals surface area contributed by atoms with E-state index in [9.17, 15) is 31.2 Å². The number of sulfonamides is 1. The molecule has 1 aliphatic rings. The first-order valence-corrected chi connectivity index (χ1v) is 9.82. The smallest absolute Gasteiger partial charge is 0.416 e. The van der Waals surface area contributed by atoms with E-state index >= 15 is 0 Å². The van der Waals surface area contributed by atoms with E-state index in [1.165, 1.54) is 26.1 Å². The summed E-state index contributed by atoms with van der Waals surface area (Å²) in [6.45, 7) is 1.28. The topological polar surface area (TPSA) is 104 Å². The Hall–Kier alpha value is -3.28. The summed E-state index contributed by atoms with van der Waals surface area (Å²) < 4.78 is 69.9. The van der Waals surface area contributed by atoms with Crippen molar-refractivity contribution in [1.29, 1.82) is 0 Å². The number of benzene rings is 2. The van der Waals surface area contributed by atoms with Crippen molar-refractivity contribution in [2.75, 3.05) is 16.3 Å². The molecular formula is C18H15F3N2O6S. The second-order valence-electron chi connectivity index (χ2n) is 6.38. The zero-order valence-corrected chi connectivity index (χ0v) is 16.4. The maximum Gasteiger partial charge on any atom is 0.416 e. The summed E-state index contributed by atoms with van der Waals surface area (Å²) in [5.41, 5.74) is -1.31. The van der Waals surface area contributed by atoms with Crippen molar-refractivity contribution in [1.82, 2.24) is 0 Å². The van der Waals surface area contributed by atoms with Gasteiger partial charge in [0.25, 0.3) is 10.0 Å². The number of urea groups is 1. The molecule has 1 aliphatic heterocycles. The number of alkyl halides is 3. The number of nitrogens with zero attached hydrogens (tertiary/aromatic N) is 2. The number of halogens is 3. The van der Waals surface area contributed by atoms with Crippen molar-refractivity contribution < 1.29 is 41.0 Å². The Labute approximate surface area is 169 Å². The van der Waals surface area contributed by atoms with Gasteiger partial charge in [-0.1, -0.05) is 0 Å². The van der Waals surface area contributed by atoms with Crippen LogP contribution in [-0.2, 0) is 21.0 Å². The highest BCUT2D eigenvalue weighted by molar-refractivity contribution is 7.94. The third-order valence-electron chi connectivity index (χ3n) is 4.36. The molecule has 0 spiro atoms. The number of carbonyl (C=O) groups is 2. The lowest BCUT2D eigenvalue weighted by Crippen LogP contribution is -2.49. The number of hydrogen-bond donors (Lipinski definition) is 1. The lowest BCUT2D eigenvalue weighted by Gasteiger charge is -2.34. The number of amides is 2. The highest BCUT2D eigenvalue weighted by Crippen LogP contribution is 2.39. The van der Waals surface area contributed by atoms with Crippen molar-refractivity contribution in [3.8, 4) is 5.75 Å². The van der Waals surface area contributed by atoms with E-state index < -0.39 is 39.9 Å². The highest BCUT2D eigenvalue weighted by Gasteiger charge is 2.42. The number of aliphatic carboxylic acids is 1. The Balaban J connectivity index is 2.04. The van der Waals surface area contributed by atoms with Crippen LogP contribution in [0.5, 0.6) is 5.75 Å². The first-order valence-electron chi connectivity index (χ1n) is 8.38. The van der Waals surface area contributed by atoms with Crippen molar-refractivity contribution >= 4 is 33.4 Å². The molecule has 8 nitrogen and oxygen atoms in total. The molecular weight excluding hydrogens is 429 g/mol. The van der Waals surface area contributed by atoms with Gasteiger partial charge >= 0.3 is 18.2 Å². The average molecular weight is 444 g/mol. The molecule has 2 aromatic carbocycles. The molecule has 2 amide bonds. The maximum absolute atomic E-state index is 13.0. The number of carboxylic acids is 1. The fraction of sp³-hybridized carbons (Fsp3) is 0.222. The predicted molar refractivity (Wildman–Crippen MR) is 99.1 cm³/mol. The Morgan fingerprint density at radius 1 is 1.13 bits per heavy atom. The summed E-state index contributed by atoms with van der Waals surface area (Å²) in [6, 6.07) is 5.68. The summed E-state index contributed by atoms with van der Waals surface area (Å²) >= 11 is 0. The third kappa shape index (κ3) is 3.65. The summed E-state index contributed by atoms with van der Waals surface area (Å²) in [5.74, 6) is -1.21. The lowest BCUT2D eigenvalue weighted by molar-refractivity contribution is -0.144. The number of carboxylic acid groups (broad SMARTS) is 1. The van der Waals surface area contributed by atoms with Gasteiger partial charge in [0, 0.05) is 13.1 Å². The fourth-order valence-electron chi connectivity index (χ4n) is 2.78. The van der Waals surface area contributed by atoms with Crippen LogP contribution in [-0.4, -0.2) is 38.7 Å². The number of ether oxygens (including phenoxy) is 1. The zero-order chi connectivity index (χ0) is 22.4. The van der Waals surface area contributed by atoms with E-state index in [1.807, 2.05) is 0 Å². The van der Waals surface area contributed by atoms with Crippen LogP contribution >= 0.6 is 0 Å². The van der Waals surface area contributed by atoms with Crippen LogP contribution in [0.25, 0.3) is 0 Å². The zero-order valence-electron chi connectivity index (χ0n) is 15.5. The number of fused-ring (bicyclic) bond motifs is 1. The van der Waals surface area contributed by atoms with Crippen LogP contribution in [0.4, 0.5) is 29.3 Å². The number of carbonyl (C=O) groups excluding carboxylic acids is 1. The second-order valence-corrected chi connectivity index (χ2v) is 8.14. The van der Waals surface area contributed by atoms with Gasteiger partial charge in [0.05, 0.1) is 16.9 Å². The van der Waals surface area contributed by atoms with Crippen LogP contribution < -0.4 is 13.9 Å². The second kappa shape index (κ2) is 7.20. The molecule has 0 aromatic heterocycles. The highest BCUT2D eigenvalue weighted by atomic mass is 32.2. The van der Waals surface area contributed by atoms with Crippen molar-refractivity contribution in [2.45, 2.75) is 24.1 Å². The van der Waals surface area contributed by atoms with Crippen LogP contribution in [0.15, 0.2) is 47.4 Å². The summed E-state index contributed by atoms with van der Waals surface area (Å²) in [6.07, 6.45) is -5.83. The molecule has 30 heavy (non-hydrogen) atoms. The van der Waals surface area contributed by atoms with Crippen LogP contribution in [0, 0.1) is 0 Å². The van der Waals surface area contributed by atoms with Gasteiger partial charge in [-0.3, -0.25) is 4.90 Å². The average Bonchev–Trinajstić information content (AvgIpc) is 2.65. The summed E-state index contributed by atoms with van der Waals surface area (Å²) in [4.78, 5) is 24.4. The van der Waals surface area contributed by atoms with E-state index in [0.29, 0.717) is 16.4 Å². The molecule has 2 aromatic rings. The standard InChI is InChI=1S/C18H15F3N2O6S/c1-10(16(24)25)29-13-7-8-15-14(9-13)22(2)17(26)23(30(15,27)28)12-5-3-11(4-6-12)18(19,20)21/h3-10H,1-2H3,(H,24,25)/t10-/m1/s1. The molecule has 0 saturated carbocycles. The maximum atomic E-state index is 13.0. The Morgan fingerprint density at radius 3 is 2.27 bits per heavy atom. The van der Waals surface area contributed by atoms with Crippen molar-refractivity contribution in [3.05, 3.63) is 48.0 Å². The van der Waals surface area contributed by atoms with Gasteiger partial charge in [0.1, 0.15) is 10.6 Å². The molecule has 1 heterocycles. The minimum Gasteiger partial charge on any atom is -0.479 e. The Morgan fingerprint density at radius 2 is 1.73 bits per heavy atom. The van der Waals surface area contributed by atoms with Gasteiger partial charge in [-0.25, -0.2) is 18.0 Å². The number of rotatable bonds is 4. The monoisotopic (exact) mass is 444 g/mol. The first-order chi connectivity index (χ1) is 13.8. The van der Waals surface area contributed by atoms with Crippen LogP contribution in [0.2, 0.25) is 0 Å². The molecule has 0 fully saturated rings. The molecule has 12 heteroatoms. The minimum absolute atomic E-state index is 0.0291. The molecule has 0 radical (unpaired) electrons. The molecule has 1 N–H and O–H groups in total. The molecule has 1 atom stereocenters. The number of hydrogen-bond acceptors (Lipinski definition) is 5. The van der Waals surface area contributed by atoms with Crippen LogP contribution in [0.1, 0.15) is 12.5 Å². The van der Waals surface area contributed by atoms with Crippen molar-refractivity contribution in [3.63, 3.8) is 0 Å². The van der Waals surface area contributed by atoms with E-state index in [-0.39, 0.29) is 22.0 Å². The third-order valence-corrected chi connectivity index (χ3v) is 6.11. The van der Waals surface area contributed by atoms with Gasteiger partial charge in [-0.15, -0.1) is 0 Å². The normalized spacial score (nSPS) is 16.8. The van der Waals surface area contributed by atoms with Gasteiger partial charge in [-0.2, -0.15) is 17.5 Å². The van der Waals surface area contributed by atoms with Gasteiger partial charge in [-0.05, 0) is 43.3 Å². The Kier molecular flexibility index (Phi) is 5.14. The fourth-order valence-corrected chi connectivity index (χ4v) is 4.40. The van der Waals surface area contributed by atoms with E-state index in [4.69, 9.17) is 9.84 Å². The van der Waals surface area contributed by atoms with E-state index in [1.54, 1.807) is 0 Å². The minimum atomic E-state index is -4.61. The largest absolute Gasteiger partial charge is 0.479 e. The molecule has 0 aliphatic carbocycles. The Bertz CT molecular complexity index is 1120. The molecule has 3 rings (SSSR count). The van der Waals surface area contributed by atoms with Gasteiger partial charge in [0.15, 0.2) is 6.10 Å². The van der Waals surface area contributed by atoms with Crippen LogP contribution in [0.3, 0.4) is 0 Å². The molecule has 0 unspecified atom stereocenters. The van der Waals surface area contributed by atoms with Gasteiger partial charge in [0.2, 0.25) is 0 Å². The predicted octanol–water partition coefficient (Wildman–Crippen LogP) is 3.32. The quantitative estimate of drug-likeness (QED) is 0.776. The molecule has 0 saturated heterocycles. The SMILES string of the molecule is C[C@@H](Oc1ccc2c(c1)N(C)C(=O)N(c1ccc(C(F)(F)F)cc1)S2(=O)=O)C(=O)O. The summed E-state index contributed by atoms with van der Waals surface area (Å²) in [5, 5.41) is 8.93. The molecule has 0 bridgehead atoms. The summed E-state index contributed by atoms with van der Waals surface area (Å²) in [7, 11) is -3.16.